The lowest BCUT2D eigenvalue weighted by molar-refractivity contribution is -0.370. The third-order valence-electron chi connectivity index (χ3n) is 7.55. The highest BCUT2D eigenvalue weighted by Gasteiger charge is 2.53. The number of hydrogen-bond acceptors (Lipinski definition) is 14. The van der Waals surface area contributed by atoms with Crippen LogP contribution in [0.3, 0.4) is 0 Å². The van der Waals surface area contributed by atoms with Crippen LogP contribution in [0.2, 0.25) is 0 Å². The molecular weight excluding hydrogens is 466 g/mol. The second-order valence-corrected chi connectivity index (χ2v) is 10.2. The molecule has 0 amide bonds. The van der Waals surface area contributed by atoms with Gasteiger partial charge < -0.3 is 72.4 Å². The molecule has 0 aromatic rings. The van der Waals surface area contributed by atoms with Crippen molar-refractivity contribution >= 4 is 0 Å². The van der Waals surface area contributed by atoms with Gasteiger partial charge in [-0.15, -0.1) is 0 Å². The molecule has 3 saturated heterocycles. The Morgan fingerprint density at radius 3 is 2.14 bits per heavy atom. The van der Waals surface area contributed by atoms with Gasteiger partial charge in [-0.3, -0.25) is 0 Å². The molecule has 0 radical (unpaired) electrons. The molecule has 14 heteroatoms. The quantitative estimate of drug-likeness (QED) is 0.169. The molecule has 0 bridgehead atoms. The maximum absolute atomic E-state index is 11.1. The van der Waals surface area contributed by atoms with E-state index in [1.807, 2.05) is 0 Å². The Labute approximate surface area is 204 Å². The highest BCUT2D eigenvalue weighted by Crippen LogP contribution is 2.35. The van der Waals surface area contributed by atoms with Gasteiger partial charge in [-0.25, -0.2) is 0 Å². The second kappa shape index (κ2) is 11.0. The molecule has 13 N–H and O–H groups in total. The minimum absolute atomic E-state index is 0.210. The zero-order chi connectivity index (χ0) is 25.6. The van der Waals surface area contributed by atoms with Gasteiger partial charge in [-0.05, 0) is 33.2 Å². The van der Waals surface area contributed by atoms with Crippen molar-refractivity contribution in [2.75, 3.05) is 7.05 Å². The average Bonchev–Trinajstić information content (AvgIpc) is 2.79. The van der Waals surface area contributed by atoms with E-state index < -0.39 is 91.9 Å². The van der Waals surface area contributed by atoms with Crippen LogP contribution in [0.4, 0.5) is 0 Å². The first-order valence-electron chi connectivity index (χ1n) is 12.2. The summed E-state index contributed by atoms with van der Waals surface area (Å²) in [5, 5.41) is 45.1. The van der Waals surface area contributed by atoms with Crippen molar-refractivity contribution in [3.63, 3.8) is 0 Å². The normalized spacial score (nSPS) is 55.4. The summed E-state index contributed by atoms with van der Waals surface area (Å²) in [5.41, 5.74) is 24.2. The van der Waals surface area contributed by atoms with E-state index in [1.54, 1.807) is 14.0 Å². The summed E-state index contributed by atoms with van der Waals surface area (Å²) in [7, 11) is 1.61. The molecule has 8 unspecified atom stereocenters. The molecule has 3 heterocycles. The number of rotatable bonds is 5. The molecule has 4 aliphatic rings. The maximum atomic E-state index is 11.1. The van der Waals surface area contributed by atoms with Crippen LogP contribution in [-0.2, 0) is 23.7 Å². The van der Waals surface area contributed by atoms with E-state index in [9.17, 15) is 20.4 Å². The number of likely N-dealkylation sites (N-methyl/N-ethyl adjacent to an activating group) is 1. The fourth-order valence-electron chi connectivity index (χ4n) is 5.42. The van der Waals surface area contributed by atoms with Crippen LogP contribution in [0, 0.1) is 0 Å². The Balaban J connectivity index is 1.42. The largest absolute Gasteiger partial charge is 0.390 e. The minimum Gasteiger partial charge on any atom is -0.390 e. The fourth-order valence-corrected chi connectivity index (χ4v) is 5.42. The van der Waals surface area contributed by atoms with Crippen molar-refractivity contribution in [3.8, 4) is 0 Å². The smallest absolute Gasteiger partial charge is 0.189 e. The van der Waals surface area contributed by atoms with Crippen LogP contribution in [0.15, 0.2) is 0 Å². The molecule has 0 aromatic heterocycles. The van der Waals surface area contributed by atoms with Gasteiger partial charge in [0, 0.05) is 12.1 Å². The first kappa shape index (κ1) is 27.5. The Bertz CT molecular complexity index is 698. The summed E-state index contributed by atoms with van der Waals surface area (Å²) >= 11 is 0. The predicted molar refractivity (Wildman–Crippen MR) is 120 cm³/mol. The van der Waals surface area contributed by atoms with E-state index in [1.165, 1.54) is 0 Å². The zero-order valence-corrected chi connectivity index (χ0v) is 20.0. The first-order valence-corrected chi connectivity index (χ1v) is 12.2. The van der Waals surface area contributed by atoms with Gasteiger partial charge in [-0.1, -0.05) is 0 Å². The number of hydrogen-bond donors (Lipinski definition) is 9. The summed E-state index contributed by atoms with van der Waals surface area (Å²) in [5.74, 6) is 0. The van der Waals surface area contributed by atoms with Gasteiger partial charge in [0.25, 0.3) is 0 Å². The lowest BCUT2D eigenvalue weighted by atomic mass is 9.86. The lowest BCUT2D eigenvalue weighted by Crippen LogP contribution is -2.69. The average molecular weight is 508 g/mol. The number of nitrogens with one attached hydrogen (secondary N) is 1. The molecule has 4 fully saturated rings. The van der Waals surface area contributed by atoms with Gasteiger partial charge >= 0.3 is 0 Å². The van der Waals surface area contributed by atoms with Gasteiger partial charge in [0.15, 0.2) is 18.9 Å². The molecule has 1 saturated carbocycles. The molecule has 1 aliphatic carbocycles. The van der Waals surface area contributed by atoms with Gasteiger partial charge in [0.05, 0.1) is 36.4 Å². The molecule has 204 valence electrons. The summed E-state index contributed by atoms with van der Waals surface area (Å²) < 4.78 is 29.6. The van der Waals surface area contributed by atoms with Crippen LogP contribution in [0.5, 0.6) is 0 Å². The topological polar surface area (TPSA) is 243 Å². The summed E-state index contributed by atoms with van der Waals surface area (Å²) in [4.78, 5) is 0. The zero-order valence-electron chi connectivity index (χ0n) is 20.0. The van der Waals surface area contributed by atoms with E-state index in [-0.39, 0.29) is 12.5 Å². The monoisotopic (exact) mass is 507 g/mol. The van der Waals surface area contributed by atoms with Gasteiger partial charge in [-0.2, -0.15) is 0 Å². The predicted octanol–water partition coefficient (Wildman–Crippen LogP) is -4.89. The highest BCUT2D eigenvalue weighted by atomic mass is 16.8. The molecule has 0 spiro atoms. The SMILES string of the molecule is CNC1C(O[C@H]2OC(C)[C@@H](N)[C@H](O)C2O)O[C@H]2CC(N)[C@@H](O[C@@H]3C(N)C[C@@H](N)C[C@H]3O)OC2C1O. The number of nitrogens with two attached hydrogens (primary N) is 4. The van der Waals surface area contributed by atoms with Crippen molar-refractivity contribution in [2.45, 2.75) is 124 Å². The summed E-state index contributed by atoms with van der Waals surface area (Å²) in [6.45, 7) is 1.66. The standard InChI is InChI=1S/C21H41N5O9/c1-6-12(25)14(28)16(30)21(31-6)35-20-13(26-2)15(29)18-11(32-20)5-9(24)19(34-18)33-17-8(23)3-7(22)4-10(17)27/h6-21,26-30H,3-5,22-25H2,1-2H3/t6?,7-,8?,9?,10-,11+,12-,13?,14+,15?,16?,17-,18?,19+,20?,21-/m1/s1. The first-order chi connectivity index (χ1) is 16.5. The van der Waals surface area contributed by atoms with Crippen molar-refractivity contribution in [1.29, 1.82) is 0 Å². The molecule has 14 nitrogen and oxygen atoms in total. The maximum Gasteiger partial charge on any atom is 0.189 e. The van der Waals surface area contributed by atoms with E-state index >= 15 is 0 Å². The van der Waals surface area contributed by atoms with Crippen LogP contribution in [0.25, 0.3) is 0 Å². The van der Waals surface area contributed by atoms with E-state index in [4.69, 9.17) is 46.6 Å². The van der Waals surface area contributed by atoms with Gasteiger partial charge in [0.1, 0.15) is 30.5 Å². The molecular formula is C21H41N5O9. The van der Waals surface area contributed by atoms with Crippen molar-refractivity contribution in [2.24, 2.45) is 22.9 Å². The Hall–Kier alpha value is -0.560. The fraction of sp³-hybridized carbons (Fsp3) is 1.00. The molecule has 4 rings (SSSR count). The van der Waals surface area contributed by atoms with Crippen molar-refractivity contribution in [3.05, 3.63) is 0 Å². The Kier molecular flexibility index (Phi) is 8.67. The molecule has 16 atom stereocenters. The minimum atomic E-state index is -1.40. The number of aliphatic hydroxyl groups excluding tert-OH is 4. The molecule has 35 heavy (non-hydrogen) atoms. The third-order valence-corrected chi connectivity index (χ3v) is 7.55. The van der Waals surface area contributed by atoms with E-state index in [2.05, 4.69) is 5.32 Å². The molecule has 0 aromatic carbocycles. The number of ether oxygens (including phenoxy) is 5. The molecule has 3 aliphatic heterocycles. The van der Waals surface area contributed by atoms with Crippen LogP contribution >= 0.6 is 0 Å². The number of aliphatic hydroxyl groups is 4. The Morgan fingerprint density at radius 1 is 0.771 bits per heavy atom. The van der Waals surface area contributed by atoms with Crippen molar-refractivity contribution < 1.29 is 44.1 Å². The highest BCUT2D eigenvalue weighted by molar-refractivity contribution is 5.00. The summed E-state index contributed by atoms with van der Waals surface area (Å²) in [6, 6.07) is -2.88. The third kappa shape index (κ3) is 5.51. The Morgan fingerprint density at radius 2 is 1.49 bits per heavy atom. The van der Waals surface area contributed by atoms with Crippen LogP contribution < -0.4 is 28.3 Å². The van der Waals surface area contributed by atoms with Crippen LogP contribution in [0.1, 0.15) is 26.2 Å². The van der Waals surface area contributed by atoms with Crippen LogP contribution in [-0.4, -0.2) is 125 Å². The second-order valence-electron chi connectivity index (χ2n) is 10.2. The lowest BCUT2D eigenvalue weighted by Gasteiger charge is -2.51. The van der Waals surface area contributed by atoms with Gasteiger partial charge in [0.2, 0.25) is 0 Å². The van der Waals surface area contributed by atoms with E-state index in [0.29, 0.717) is 12.8 Å². The van der Waals surface area contributed by atoms with Crippen molar-refractivity contribution in [1.82, 2.24) is 5.32 Å². The number of fused-ring (bicyclic) bond motifs is 1. The van der Waals surface area contributed by atoms with E-state index in [0.717, 1.165) is 0 Å². The summed E-state index contributed by atoms with van der Waals surface area (Å²) in [6.07, 6.45) is -9.45.